The summed E-state index contributed by atoms with van der Waals surface area (Å²) in [6.45, 7) is 2.32. The molecule has 206 valence electrons. The van der Waals surface area contributed by atoms with Gasteiger partial charge in [0.1, 0.15) is 11.5 Å². The average Bonchev–Trinajstić information content (AvgIpc) is 3.70. The van der Waals surface area contributed by atoms with Gasteiger partial charge in [0.2, 0.25) is 0 Å². The normalized spacial score (nSPS) is 14.8. The molecule has 2 aromatic carbocycles. The molecule has 0 bridgehead atoms. The van der Waals surface area contributed by atoms with Gasteiger partial charge in [-0.3, -0.25) is 29.4 Å². The van der Waals surface area contributed by atoms with Crippen LogP contribution in [0.3, 0.4) is 0 Å². The number of rotatable bonds is 6. The molecular formula is C28H21FN6O5S. The number of carbonyl (C=O) groups excluding carboxylic acids is 3. The summed E-state index contributed by atoms with van der Waals surface area (Å²) in [4.78, 5) is 51.5. The van der Waals surface area contributed by atoms with Crippen molar-refractivity contribution in [2.75, 3.05) is 13.1 Å². The van der Waals surface area contributed by atoms with Crippen molar-refractivity contribution in [2.24, 2.45) is 0 Å². The fraction of sp³-hybridized carbons (Fsp3) is 0.179. The maximum Gasteiger partial charge on any atom is 0.324 e. The van der Waals surface area contributed by atoms with Crippen LogP contribution in [0.25, 0.3) is 11.3 Å². The van der Waals surface area contributed by atoms with Gasteiger partial charge >= 0.3 is 5.00 Å². The summed E-state index contributed by atoms with van der Waals surface area (Å²) in [6.07, 6.45) is 3.77. The maximum absolute atomic E-state index is 15.4. The second-order valence-corrected chi connectivity index (χ2v) is 10.7. The molecule has 0 saturated carbocycles. The molecule has 4 aromatic rings. The minimum absolute atomic E-state index is 0.0627. The molecule has 4 heterocycles. The monoisotopic (exact) mass is 572 g/mol. The quantitative estimate of drug-likeness (QED) is 0.190. The molecule has 0 radical (unpaired) electrons. The number of amides is 3. The predicted octanol–water partition coefficient (Wildman–Crippen LogP) is 4.41. The molecule has 41 heavy (non-hydrogen) atoms. The van der Waals surface area contributed by atoms with E-state index in [0.29, 0.717) is 46.6 Å². The van der Waals surface area contributed by atoms with Crippen molar-refractivity contribution in [3.8, 4) is 5.69 Å². The lowest BCUT2D eigenvalue weighted by atomic mass is 9.94. The minimum Gasteiger partial charge on any atom is -0.334 e. The van der Waals surface area contributed by atoms with Crippen molar-refractivity contribution in [1.82, 2.24) is 24.8 Å². The second kappa shape index (κ2) is 10.2. The molecule has 6 rings (SSSR count). The number of carbonyl (C=O) groups is 3. The van der Waals surface area contributed by atoms with Crippen LogP contribution in [0, 0.1) is 22.9 Å². The maximum atomic E-state index is 15.4. The van der Waals surface area contributed by atoms with Gasteiger partial charge in [0.05, 0.1) is 39.4 Å². The molecule has 0 aliphatic carbocycles. The van der Waals surface area contributed by atoms with Crippen LogP contribution in [0.1, 0.15) is 53.6 Å². The highest BCUT2D eigenvalue weighted by atomic mass is 32.1. The summed E-state index contributed by atoms with van der Waals surface area (Å²) in [7, 11) is 0. The third-order valence-electron chi connectivity index (χ3n) is 7.08. The number of nitrogens with zero attached hydrogens (tertiary/aromatic N) is 6. The van der Waals surface area contributed by atoms with E-state index in [1.165, 1.54) is 22.9 Å². The molecule has 0 fully saturated rings. The Bertz CT molecular complexity index is 1740. The van der Waals surface area contributed by atoms with Crippen LogP contribution in [-0.4, -0.2) is 60.5 Å². The summed E-state index contributed by atoms with van der Waals surface area (Å²) in [5, 5.41) is 19.0. The van der Waals surface area contributed by atoms with Gasteiger partial charge in [0, 0.05) is 30.8 Å². The first-order valence-corrected chi connectivity index (χ1v) is 13.4. The van der Waals surface area contributed by atoms with Gasteiger partial charge in [-0.05, 0) is 48.7 Å². The lowest BCUT2D eigenvalue weighted by Gasteiger charge is -2.27. The fourth-order valence-electron chi connectivity index (χ4n) is 5.08. The summed E-state index contributed by atoms with van der Waals surface area (Å²) < 4.78 is 16.8. The molecule has 13 heteroatoms. The second-order valence-electron chi connectivity index (χ2n) is 9.64. The van der Waals surface area contributed by atoms with Crippen LogP contribution in [0.15, 0.2) is 60.8 Å². The molecule has 0 N–H and O–H groups in total. The number of hydrogen-bond acceptors (Lipinski definition) is 8. The third-order valence-corrected chi connectivity index (χ3v) is 8.10. The van der Waals surface area contributed by atoms with E-state index < -0.39 is 22.6 Å². The smallest absolute Gasteiger partial charge is 0.324 e. The number of aromatic nitrogens is 3. The Hall–Kier alpha value is -5.04. The number of thiophene rings is 1. The lowest BCUT2D eigenvalue weighted by Crippen LogP contribution is -2.34. The molecular weight excluding hydrogens is 551 g/mol. The highest BCUT2D eigenvalue weighted by Gasteiger charge is 2.35. The number of aryl methyl sites for hydroxylation is 1. The van der Waals surface area contributed by atoms with Gasteiger partial charge in [-0.2, -0.15) is 0 Å². The topological polar surface area (TPSA) is 132 Å². The van der Waals surface area contributed by atoms with E-state index in [0.717, 1.165) is 21.8 Å². The van der Waals surface area contributed by atoms with Crippen molar-refractivity contribution in [3.63, 3.8) is 0 Å². The molecule has 11 nitrogen and oxygen atoms in total. The minimum atomic E-state index is -0.528. The van der Waals surface area contributed by atoms with E-state index in [-0.39, 0.29) is 28.9 Å². The highest BCUT2D eigenvalue weighted by molar-refractivity contribution is 7.17. The van der Waals surface area contributed by atoms with E-state index in [9.17, 15) is 24.5 Å². The van der Waals surface area contributed by atoms with Gasteiger partial charge < -0.3 is 4.90 Å². The standard InChI is InChI=1S/C28H21FN6O5S/c1-16-12-19(34-15-18(30-31-34)14-33-26(36)20-4-2-3-5-21(20)27(33)37)13-22(29)25(16)17-8-10-32(11-9-17)28(38)23-6-7-24(41-23)35(39)40/h2-8,12-13,15H,9-11,14H2,1H3. The zero-order chi connectivity index (χ0) is 28.8. The Morgan fingerprint density at radius 3 is 2.46 bits per heavy atom. The van der Waals surface area contributed by atoms with E-state index in [1.54, 1.807) is 54.4 Å². The van der Waals surface area contributed by atoms with Crippen LogP contribution >= 0.6 is 11.3 Å². The van der Waals surface area contributed by atoms with E-state index in [2.05, 4.69) is 10.3 Å². The largest absolute Gasteiger partial charge is 0.334 e. The highest BCUT2D eigenvalue weighted by Crippen LogP contribution is 2.32. The first-order chi connectivity index (χ1) is 19.7. The molecule has 2 aromatic heterocycles. The summed E-state index contributed by atoms with van der Waals surface area (Å²) in [5.41, 5.74) is 3.36. The molecule has 0 saturated heterocycles. The molecule has 0 atom stereocenters. The lowest BCUT2D eigenvalue weighted by molar-refractivity contribution is -0.380. The number of nitro groups is 1. The van der Waals surface area contributed by atoms with Gasteiger partial charge in [-0.25, -0.2) is 9.07 Å². The molecule has 2 aliphatic rings. The zero-order valence-corrected chi connectivity index (χ0v) is 22.4. The van der Waals surface area contributed by atoms with Crippen molar-refractivity contribution >= 4 is 39.6 Å². The Balaban J connectivity index is 1.17. The van der Waals surface area contributed by atoms with Crippen molar-refractivity contribution < 1.29 is 23.7 Å². The van der Waals surface area contributed by atoms with Crippen molar-refractivity contribution in [1.29, 1.82) is 0 Å². The Morgan fingerprint density at radius 1 is 1.12 bits per heavy atom. The van der Waals surface area contributed by atoms with E-state index in [4.69, 9.17) is 0 Å². The van der Waals surface area contributed by atoms with Crippen LogP contribution in [0.5, 0.6) is 0 Å². The average molecular weight is 573 g/mol. The number of fused-ring (bicyclic) bond motifs is 1. The summed E-state index contributed by atoms with van der Waals surface area (Å²) in [5.74, 6) is -1.56. The molecule has 2 aliphatic heterocycles. The Morgan fingerprint density at radius 2 is 1.85 bits per heavy atom. The number of imide groups is 1. The Labute approximate surface area is 236 Å². The van der Waals surface area contributed by atoms with Gasteiger partial charge in [-0.1, -0.05) is 34.8 Å². The number of halogens is 1. The molecule has 3 amide bonds. The van der Waals surface area contributed by atoms with Crippen molar-refractivity contribution in [3.05, 3.63) is 110 Å². The molecule has 0 unspecified atom stereocenters. The number of benzene rings is 2. The summed E-state index contributed by atoms with van der Waals surface area (Å²) >= 11 is 0.832. The van der Waals surface area contributed by atoms with Crippen LogP contribution < -0.4 is 0 Å². The Kier molecular flexibility index (Phi) is 6.50. The van der Waals surface area contributed by atoms with Gasteiger partial charge in [0.25, 0.3) is 17.7 Å². The summed E-state index contributed by atoms with van der Waals surface area (Å²) in [6, 6.07) is 12.5. The zero-order valence-electron chi connectivity index (χ0n) is 21.6. The van der Waals surface area contributed by atoms with Crippen molar-refractivity contribution in [2.45, 2.75) is 19.9 Å². The van der Waals surface area contributed by atoms with Crippen LogP contribution in [-0.2, 0) is 6.54 Å². The van der Waals surface area contributed by atoms with Gasteiger partial charge in [0.15, 0.2) is 0 Å². The van der Waals surface area contributed by atoms with Gasteiger partial charge in [-0.15, -0.1) is 5.10 Å². The first-order valence-electron chi connectivity index (χ1n) is 12.6. The number of hydrogen-bond donors (Lipinski definition) is 0. The van der Waals surface area contributed by atoms with Crippen LogP contribution in [0.4, 0.5) is 9.39 Å². The predicted molar refractivity (Wildman–Crippen MR) is 146 cm³/mol. The van der Waals surface area contributed by atoms with Crippen LogP contribution in [0.2, 0.25) is 0 Å². The fourth-order valence-corrected chi connectivity index (χ4v) is 5.87. The van der Waals surface area contributed by atoms with E-state index in [1.807, 2.05) is 0 Å². The molecule has 0 spiro atoms. The first kappa shape index (κ1) is 26.2. The third kappa shape index (κ3) is 4.69. The van der Waals surface area contributed by atoms with E-state index >= 15 is 4.39 Å². The SMILES string of the molecule is Cc1cc(-n2cc(CN3C(=O)c4ccccc4C3=O)nn2)cc(F)c1C1=CCN(C(=O)c2ccc([N+](=O)[O-])s2)CC1.